The van der Waals surface area contributed by atoms with E-state index < -0.39 is 120 Å². The Bertz CT molecular complexity index is 2360. The predicted molar refractivity (Wildman–Crippen MR) is 281 cm³/mol. The summed E-state index contributed by atoms with van der Waals surface area (Å²) in [5.41, 5.74) is 1.07. The number of nitrogens with zero attached hydrogens (tertiary/aromatic N) is 1. The molecule has 0 aliphatic carbocycles. The molecule has 0 heterocycles. The second-order valence-corrected chi connectivity index (χ2v) is 20.7. The molecule has 3 aromatic rings. The highest BCUT2D eigenvalue weighted by Gasteiger charge is 2.39. The van der Waals surface area contributed by atoms with E-state index in [0.29, 0.717) is 16.9 Å². The second-order valence-electron chi connectivity index (χ2n) is 20.7. The first-order valence-electron chi connectivity index (χ1n) is 25.4. The topological polar surface area (TPSA) is 264 Å². The van der Waals surface area contributed by atoms with Crippen LogP contribution < -0.4 is 26.0 Å². The minimum absolute atomic E-state index is 0.00131. The number of aliphatic hydroxyl groups is 1. The van der Waals surface area contributed by atoms with E-state index in [1.807, 2.05) is 26.0 Å². The molecule has 0 fully saturated rings. The van der Waals surface area contributed by atoms with E-state index in [0.717, 1.165) is 10.5 Å². The lowest BCUT2D eigenvalue weighted by Gasteiger charge is -2.33. The third kappa shape index (κ3) is 21.6. The molecule has 3 rings (SSSR count). The van der Waals surface area contributed by atoms with Crippen molar-refractivity contribution in [1.82, 2.24) is 26.2 Å². The number of alkyl carbamates (subject to hydrolysis) is 1. The van der Waals surface area contributed by atoms with Crippen molar-refractivity contribution in [2.45, 2.75) is 163 Å². The number of hydrogen-bond acceptors (Lipinski definition) is 15. The first-order valence-corrected chi connectivity index (χ1v) is 25.4. The second kappa shape index (κ2) is 30.4. The van der Waals surface area contributed by atoms with Gasteiger partial charge in [0.2, 0.25) is 11.8 Å². The summed E-state index contributed by atoms with van der Waals surface area (Å²) in [6, 6.07) is 18.4. The quantitative estimate of drug-likeness (QED) is 0.0437. The fourth-order valence-corrected chi connectivity index (χ4v) is 7.60. The molecule has 8 atom stereocenters. The van der Waals surface area contributed by atoms with Gasteiger partial charge in [-0.3, -0.25) is 24.1 Å². The molecule has 20 nitrogen and oxygen atoms in total. The summed E-state index contributed by atoms with van der Waals surface area (Å²) in [4.78, 5) is 110. The van der Waals surface area contributed by atoms with Crippen molar-refractivity contribution in [3.05, 3.63) is 102 Å². The fraction of sp³-hybridized carbons (Fsp3) is 0.536. The number of aliphatic hydroxyl groups excluding tert-OH is 1. The first-order chi connectivity index (χ1) is 35.7. The minimum Gasteiger partial charge on any atom is -0.497 e. The lowest BCUT2D eigenvalue weighted by molar-refractivity contribution is -0.161. The Morgan fingerprint density at radius 3 is 1.71 bits per heavy atom. The number of carbonyl (C=O) groups is 8. The summed E-state index contributed by atoms with van der Waals surface area (Å²) in [6.45, 7) is 17.8. The van der Waals surface area contributed by atoms with Gasteiger partial charge in [-0.05, 0) is 87.6 Å². The molecule has 418 valence electrons. The normalized spacial score (nSPS) is 14.5. The highest BCUT2D eigenvalue weighted by atomic mass is 16.6. The van der Waals surface area contributed by atoms with E-state index in [4.69, 9.17) is 28.4 Å². The molecule has 20 heteroatoms. The van der Waals surface area contributed by atoms with Crippen molar-refractivity contribution in [1.29, 1.82) is 0 Å². The van der Waals surface area contributed by atoms with Crippen LogP contribution in [0.1, 0.15) is 106 Å². The van der Waals surface area contributed by atoms with E-state index in [-0.39, 0.29) is 32.0 Å². The van der Waals surface area contributed by atoms with Gasteiger partial charge in [0, 0.05) is 13.5 Å². The maximum absolute atomic E-state index is 14.3. The SMILES string of the molecule is COc1ccc(C[C@@H](C(=O)O[C@H](C)[C@H](NC(=O)OC(C)(C)C)C(=O)N[C@H](C(C)C)[C@@H](O)CC(=O)O[C@H](C(=O)N[C@@H](CC(C)C)C(=O)N[C@@H](C)C(=O)OCc2ccccc2)C(C)C)N(C)C(=O)OCc2ccccc2)cc1. The van der Waals surface area contributed by atoms with Crippen molar-refractivity contribution in [3.8, 4) is 5.75 Å². The Hall–Kier alpha value is -7.22. The maximum atomic E-state index is 14.3. The smallest absolute Gasteiger partial charge is 0.410 e. The Morgan fingerprint density at radius 2 is 1.20 bits per heavy atom. The zero-order chi connectivity index (χ0) is 56.9. The van der Waals surface area contributed by atoms with Crippen LogP contribution in [0, 0.1) is 17.8 Å². The van der Waals surface area contributed by atoms with E-state index in [2.05, 4.69) is 21.3 Å². The Balaban J connectivity index is 1.79. The highest BCUT2D eigenvalue weighted by Crippen LogP contribution is 2.20. The van der Waals surface area contributed by atoms with Crippen LogP contribution in [0.15, 0.2) is 84.9 Å². The van der Waals surface area contributed by atoms with Crippen LogP contribution in [-0.4, -0.2) is 126 Å². The van der Waals surface area contributed by atoms with Crippen LogP contribution in [0.3, 0.4) is 0 Å². The lowest BCUT2D eigenvalue weighted by Crippen LogP contribution is -2.59. The van der Waals surface area contributed by atoms with Gasteiger partial charge in [-0.2, -0.15) is 0 Å². The number of nitrogens with one attached hydrogen (secondary N) is 4. The molecule has 5 amide bonds. The lowest BCUT2D eigenvalue weighted by atomic mass is 9.95. The van der Waals surface area contributed by atoms with E-state index in [9.17, 15) is 43.5 Å². The number of esters is 3. The molecule has 5 N–H and O–H groups in total. The number of ether oxygens (including phenoxy) is 6. The molecule has 0 bridgehead atoms. The largest absolute Gasteiger partial charge is 0.497 e. The van der Waals surface area contributed by atoms with E-state index in [1.165, 1.54) is 28.0 Å². The number of carbonyl (C=O) groups excluding carboxylic acids is 8. The van der Waals surface area contributed by atoms with Crippen LogP contribution >= 0.6 is 0 Å². The van der Waals surface area contributed by atoms with Crippen LogP contribution in [0.5, 0.6) is 5.75 Å². The van der Waals surface area contributed by atoms with Crippen LogP contribution in [0.2, 0.25) is 0 Å². The number of amides is 5. The maximum Gasteiger partial charge on any atom is 0.410 e. The third-order valence-corrected chi connectivity index (χ3v) is 11.8. The van der Waals surface area contributed by atoms with Crippen LogP contribution in [-0.2, 0) is 72.1 Å². The van der Waals surface area contributed by atoms with Gasteiger partial charge in [0.05, 0.1) is 25.7 Å². The third-order valence-electron chi connectivity index (χ3n) is 11.8. The monoisotopic (exact) mass is 1060 g/mol. The van der Waals surface area contributed by atoms with Gasteiger partial charge in [0.1, 0.15) is 54.8 Å². The number of benzene rings is 3. The molecule has 0 spiro atoms. The average molecular weight is 1060 g/mol. The summed E-state index contributed by atoms with van der Waals surface area (Å²) in [5.74, 6) is -5.76. The summed E-state index contributed by atoms with van der Waals surface area (Å²) >= 11 is 0. The van der Waals surface area contributed by atoms with Gasteiger partial charge in [0.25, 0.3) is 5.91 Å². The van der Waals surface area contributed by atoms with Gasteiger partial charge in [0.15, 0.2) is 6.10 Å². The summed E-state index contributed by atoms with van der Waals surface area (Å²) in [6.07, 6.45) is -6.98. The molecule has 0 saturated carbocycles. The van der Waals surface area contributed by atoms with Crippen molar-refractivity contribution < 1.29 is 71.9 Å². The Morgan fingerprint density at radius 1 is 0.632 bits per heavy atom. The molecule has 3 aromatic carbocycles. The predicted octanol–water partition coefficient (Wildman–Crippen LogP) is 5.94. The molecule has 0 aromatic heterocycles. The number of hydrogen-bond donors (Lipinski definition) is 5. The zero-order valence-corrected chi connectivity index (χ0v) is 46.1. The standard InChI is InChI=1S/C56H79N5O15/c1-33(2)28-42(49(64)57-36(7)52(67)72-31-39-20-16-14-17-21-39)58-51(66)48(35(5)6)75-45(63)30-44(62)46(34(3)4)59-50(65)47(60-54(69)76-56(9,10)11)37(8)74-53(68)43(29-38-24-26-41(71-13)27-25-38)61(12)55(70)73-32-40-22-18-15-19-23-40/h14-27,33-37,42-44,46-48,62H,28-32H2,1-13H3,(H,57,64)(H,58,66)(H,59,65)(H,60,69)/t36-,37+,42-,43-,44-,46+,47-,48-/m0/s1. The molecule has 0 aliphatic heterocycles. The highest BCUT2D eigenvalue weighted by molar-refractivity contribution is 5.92. The Kier molecular flexibility index (Phi) is 25.2. The van der Waals surface area contributed by atoms with Gasteiger partial charge in [-0.1, -0.05) is 114 Å². The van der Waals surface area contributed by atoms with Crippen molar-refractivity contribution in [3.63, 3.8) is 0 Å². The van der Waals surface area contributed by atoms with Crippen LogP contribution in [0.4, 0.5) is 9.59 Å². The fourth-order valence-electron chi connectivity index (χ4n) is 7.60. The van der Waals surface area contributed by atoms with Gasteiger partial charge in [-0.15, -0.1) is 0 Å². The molecular weight excluding hydrogens is 983 g/mol. The summed E-state index contributed by atoms with van der Waals surface area (Å²) < 4.78 is 33.1. The van der Waals surface area contributed by atoms with Crippen molar-refractivity contribution in [2.24, 2.45) is 17.8 Å². The summed E-state index contributed by atoms with van der Waals surface area (Å²) in [7, 11) is 2.87. The number of likely N-dealkylation sites (N-methyl/N-ethyl adjacent to an activating group) is 1. The van der Waals surface area contributed by atoms with Crippen LogP contribution in [0.25, 0.3) is 0 Å². The molecule has 0 aliphatic rings. The molecular formula is C56H79N5O15. The average Bonchev–Trinajstić information content (AvgIpc) is 3.35. The van der Waals surface area contributed by atoms with Gasteiger partial charge < -0.3 is 54.8 Å². The molecule has 0 unspecified atom stereocenters. The van der Waals surface area contributed by atoms with E-state index in [1.54, 1.807) is 121 Å². The van der Waals surface area contributed by atoms with E-state index >= 15 is 0 Å². The number of rotatable bonds is 27. The minimum atomic E-state index is -1.66. The molecule has 0 saturated heterocycles. The van der Waals surface area contributed by atoms with Crippen molar-refractivity contribution >= 4 is 47.8 Å². The molecule has 76 heavy (non-hydrogen) atoms. The molecule has 0 radical (unpaired) electrons. The summed E-state index contributed by atoms with van der Waals surface area (Å²) in [5, 5.41) is 22.0. The van der Waals surface area contributed by atoms with Gasteiger partial charge >= 0.3 is 30.1 Å². The van der Waals surface area contributed by atoms with Gasteiger partial charge in [-0.25, -0.2) is 19.2 Å². The Labute approximate surface area is 446 Å². The first kappa shape index (κ1) is 63.1. The van der Waals surface area contributed by atoms with Crippen molar-refractivity contribution in [2.75, 3.05) is 14.2 Å². The zero-order valence-electron chi connectivity index (χ0n) is 46.1. The number of methoxy groups -OCH3 is 1.